The number of likely N-dealkylation sites (tertiary alicyclic amines) is 1. The molecule has 3 aromatic rings. The van der Waals surface area contributed by atoms with E-state index in [1.165, 1.54) is 5.19 Å². The van der Waals surface area contributed by atoms with Gasteiger partial charge in [-0.25, -0.2) is 0 Å². The van der Waals surface area contributed by atoms with Crippen LogP contribution in [0.3, 0.4) is 0 Å². The van der Waals surface area contributed by atoms with Crippen LogP contribution in [0.1, 0.15) is 69.4 Å². The Morgan fingerprint density at radius 1 is 0.926 bits per heavy atom. The zero-order valence-electron chi connectivity index (χ0n) is 32.4. The Kier molecular flexibility index (Phi) is 10.9. The standard InChI is InChI=1S/C43H55N3O7Si/c1-29-41(54(4,5)35-19-16-33(51-2)17-20-35)38(26-40(49)45-23-11-14-32(45)28-47)53-43(29)36-25-34(52-3)18-21-37(36)46(42(43)50)27-30-12-10-13-31(24-30)44-22-9-7-6-8-15-39(44)48/h10,12-13,16-21,24-25,29,32,38,41,47H,6-9,11,14-15,22-23,26-28H2,1-5H3/t29-,32+,38+,41-,43+/m1/s1. The summed E-state index contributed by atoms with van der Waals surface area (Å²) in [5.74, 6) is 1.05. The lowest BCUT2D eigenvalue weighted by molar-refractivity contribution is -0.150. The molecule has 0 saturated carbocycles. The number of aliphatic hydroxyl groups is 1. The van der Waals surface area contributed by atoms with Gasteiger partial charge in [-0.05, 0) is 79.3 Å². The normalized spacial score (nSPS) is 25.9. The predicted molar refractivity (Wildman–Crippen MR) is 212 cm³/mol. The van der Waals surface area contributed by atoms with E-state index in [1.807, 2.05) is 69.3 Å². The lowest BCUT2D eigenvalue weighted by atomic mass is 9.82. The van der Waals surface area contributed by atoms with E-state index in [0.29, 0.717) is 31.8 Å². The molecule has 5 atom stereocenters. The predicted octanol–water partition coefficient (Wildman–Crippen LogP) is 6.14. The molecule has 3 amide bonds. The number of hydrogen-bond acceptors (Lipinski definition) is 7. The van der Waals surface area contributed by atoms with Gasteiger partial charge in [0.2, 0.25) is 11.8 Å². The van der Waals surface area contributed by atoms with E-state index in [2.05, 4.69) is 32.2 Å². The summed E-state index contributed by atoms with van der Waals surface area (Å²) >= 11 is 0. The number of fused-ring (bicyclic) bond motifs is 2. The topological polar surface area (TPSA) is 109 Å². The Bertz CT molecular complexity index is 1870. The molecule has 4 aliphatic rings. The van der Waals surface area contributed by atoms with Gasteiger partial charge in [-0.1, -0.05) is 62.3 Å². The van der Waals surface area contributed by atoms with Crippen LogP contribution in [-0.2, 0) is 31.3 Å². The highest BCUT2D eigenvalue weighted by atomic mass is 28.3. The molecule has 3 saturated heterocycles. The van der Waals surface area contributed by atoms with Gasteiger partial charge in [-0.3, -0.25) is 14.4 Å². The number of aliphatic hydroxyl groups excluding tert-OH is 1. The van der Waals surface area contributed by atoms with Crippen LogP contribution in [0.15, 0.2) is 66.7 Å². The molecule has 11 heteroatoms. The minimum absolute atomic E-state index is 0.0472. The lowest BCUT2D eigenvalue weighted by Gasteiger charge is -2.37. The average molecular weight is 754 g/mol. The number of nitrogens with zero attached hydrogens (tertiary/aromatic N) is 3. The van der Waals surface area contributed by atoms with Gasteiger partial charge < -0.3 is 34.0 Å². The van der Waals surface area contributed by atoms with Crippen molar-refractivity contribution in [1.82, 2.24) is 4.90 Å². The number of ether oxygens (including phenoxy) is 3. The second-order valence-electron chi connectivity index (χ2n) is 16.1. The fourth-order valence-corrected chi connectivity index (χ4v) is 13.9. The van der Waals surface area contributed by atoms with Gasteiger partial charge in [0.15, 0.2) is 5.60 Å². The fourth-order valence-electron chi connectivity index (χ4n) is 9.86. The summed E-state index contributed by atoms with van der Waals surface area (Å²) in [4.78, 5) is 48.2. The van der Waals surface area contributed by atoms with Crippen LogP contribution in [0, 0.1) is 5.92 Å². The van der Waals surface area contributed by atoms with Crippen LogP contribution < -0.4 is 24.5 Å². The molecule has 0 bridgehead atoms. The Hall–Kier alpha value is -4.19. The van der Waals surface area contributed by atoms with Crippen molar-refractivity contribution in [3.05, 3.63) is 77.9 Å². The van der Waals surface area contributed by atoms with E-state index < -0.39 is 19.8 Å². The summed E-state index contributed by atoms with van der Waals surface area (Å²) in [6.45, 7) is 8.27. The first kappa shape index (κ1) is 38.1. The molecule has 3 aromatic carbocycles. The number of amides is 3. The van der Waals surface area contributed by atoms with Gasteiger partial charge in [0.25, 0.3) is 5.91 Å². The number of rotatable bonds is 10. The van der Waals surface area contributed by atoms with E-state index in [4.69, 9.17) is 14.2 Å². The van der Waals surface area contributed by atoms with Crippen LogP contribution in [0.2, 0.25) is 18.6 Å². The Labute approximate surface area is 320 Å². The van der Waals surface area contributed by atoms with Crippen molar-refractivity contribution in [2.75, 3.05) is 43.7 Å². The molecular weight excluding hydrogens is 699 g/mol. The minimum atomic E-state index is -2.48. The first-order valence-electron chi connectivity index (χ1n) is 19.7. The third kappa shape index (κ3) is 6.72. The van der Waals surface area contributed by atoms with Crippen LogP contribution in [0.4, 0.5) is 11.4 Å². The summed E-state index contributed by atoms with van der Waals surface area (Å²) in [6.07, 6.45) is 5.82. The van der Waals surface area contributed by atoms with E-state index in [0.717, 1.165) is 66.8 Å². The number of anilines is 2. The van der Waals surface area contributed by atoms with Gasteiger partial charge in [-0.2, -0.15) is 0 Å². The molecular formula is C43H55N3O7Si. The molecule has 0 aromatic heterocycles. The highest BCUT2D eigenvalue weighted by molar-refractivity contribution is 6.91. The number of carbonyl (C=O) groups is 3. The molecule has 0 aliphatic carbocycles. The van der Waals surface area contributed by atoms with Crippen molar-refractivity contribution in [2.24, 2.45) is 5.92 Å². The molecule has 1 N–H and O–H groups in total. The molecule has 0 unspecified atom stereocenters. The van der Waals surface area contributed by atoms with Crippen LogP contribution in [-0.4, -0.2) is 81.9 Å². The fraction of sp³-hybridized carbons (Fsp3) is 0.512. The molecule has 0 radical (unpaired) electrons. The van der Waals surface area contributed by atoms with Crippen LogP contribution >= 0.6 is 0 Å². The monoisotopic (exact) mass is 753 g/mol. The van der Waals surface area contributed by atoms with Gasteiger partial charge in [0.05, 0.1) is 59.7 Å². The molecule has 7 rings (SSSR count). The third-order valence-corrected chi connectivity index (χ3v) is 17.1. The average Bonchev–Trinajstić information content (AvgIpc) is 3.83. The summed E-state index contributed by atoms with van der Waals surface area (Å²) in [7, 11) is 0.794. The maximum atomic E-state index is 15.4. The summed E-state index contributed by atoms with van der Waals surface area (Å²) < 4.78 is 18.5. The van der Waals surface area contributed by atoms with Gasteiger partial charge >= 0.3 is 0 Å². The Morgan fingerprint density at radius 3 is 2.41 bits per heavy atom. The molecule has 4 aliphatic heterocycles. The number of benzene rings is 3. The minimum Gasteiger partial charge on any atom is -0.497 e. The van der Waals surface area contributed by atoms with E-state index in [-0.39, 0.29) is 48.3 Å². The van der Waals surface area contributed by atoms with Gasteiger partial charge in [0, 0.05) is 36.7 Å². The second-order valence-corrected chi connectivity index (χ2v) is 20.8. The molecule has 1 spiro atoms. The molecule has 54 heavy (non-hydrogen) atoms. The smallest absolute Gasteiger partial charge is 0.264 e. The van der Waals surface area contributed by atoms with Gasteiger partial charge in [0.1, 0.15) is 11.5 Å². The SMILES string of the molecule is COc1ccc([Si](C)(C)[C@H]2[C@H](CC(=O)N3CCC[C@H]3CO)O[C@@]3(C(=O)N(Cc4cccc(N5CCCCCCC5=O)c4)c4ccc(OC)cc43)[C@@H]2C)cc1. The van der Waals surface area contributed by atoms with Crippen molar-refractivity contribution in [3.8, 4) is 11.5 Å². The number of methoxy groups -OCH3 is 2. The first-order valence-corrected chi connectivity index (χ1v) is 22.7. The Balaban J connectivity index is 1.28. The third-order valence-electron chi connectivity index (χ3n) is 12.7. The van der Waals surface area contributed by atoms with Crippen molar-refractivity contribution >= 4 is 42.4 Å². The zero-order valence-corrected chi connectivity index (χ0v) is 33.4. The maximum absolute atomic E-state index is 15.4. The van der Waals surface area contributed by atoms with Crippen molar-refractivity contribution in [1.29, 1.82) is 0 Å². The largest absolute Gasteiger partial charge is 0.497 e. The maximum Gasteiger partial charge on any atom is 0.264 e. The highest BCUT2D eigenvalue weighted by Crippen LogP contribution is 2.60. The number of carbonyl (C=O) groups excluding carboxylic acids is 3. The zero-order chi connectivity index (χ0) is 38.2. The second kappa shape index (κ2) is 15.5. The van der Waals surface area contributed by atoms with Crippen LogP contribution in [0.25, 0.3) is 0 Å². The molecule has 288 valence electrons. The molecule has 10 nitrogen and oxygen atoms in total. The van der Waals surface area contributed by atoms with E-state index >= 15 is 4.79 Å². The number of hydrogen-bond donors (Lipinski definition) is 1. The van der Waals surface area contributed by atoms with Gasteiger partial charge in [-0.15, -0.1) is 0 Å². The first-order chi connectivity index (χ1) is 26.0. The highest BCUT2D eigenvalue weighted by Gasteiger charge is 2.66. The quantitative estimate of drug-likeness (QED) is 0.248. The van der Waals surface area contributed by atoms with Crippen molar-refractivity contribution in [2.45, 2.75) is 101 Å². The summed E-state index contributed by atoms with van der Waals surface area (Å²) in [5.41, 5.74) is 1.82. The summed E-state index contributed by atoms with van der Waals surface area (Å²) in [5, 5.41) is 11.3. The lowest BCUT2D eigenvalue weighted by Crippen LogP contribution is -2.52. The van der Waals surface area contributed by atoms with Crippen LogP contribution in [0.5, 0.6) is 11.5 Å². The molecule has 4 heterocycles. The van der Waals surface area contributed by atoms with E-state index in [9.17, 15) is 14.7 Å². The molecule has 3 fully saturated rings. The summed E-state index contributed by atoms with van der Waals surface area (Å²) in [6, 6.07) is 21.8. The van der Waals surface area contributed by atoms with Crippen molar-refractivity contribution < 1.29 is 33.7 Å². The van der Waals surface area contributed by atoms with Crippen molar-refractivity contribution in [3.63, 3.8) is 0 Å². The Morgan fingerprint density at radius 2 is 1.67 bits per heavy atom. The van der Waals surface area contributed by atoms with E-state index in [1.54, 1.807) is 14.2 Å².